The topological polar surface area (TPSA) is 131 Å². The van der Waals surface area contributed by atoms with Gasteiger partial charge in [0, 0.05) is 31.0 Å². The van der Waals surface area contributed by atoms with Gasteiger partial charge in [0.25, 0.3) is 0 Å². The van der Waals surface area contributed by atoms with Crippen molar-refractivity contribution in [1.82, 2.24) is 29.9 Å². The van der Waals surface area contributed by atoms with Crippen LogP contribution in [0.25, 0.3) is 33.7 Å². The number of ether oxygens (including phenoxy) is 1. The molecule has 0 saturated heterocycles. The Morgan fingerprint density at radius 3 is 2.90 bits per heavy atom. The molecule has 30 heavy (non-hydrogen) atoms. The van der Waals surface area contributed by atoms with Gasteiger partial charge in [-0.1, -0.05) is 0 Å². The predicted octanol–water partition coefficient (Wildman–Crippen LogP) is 2.88. The third-order valence-electron chi connectivity index (χ3n) is 5.73. The van der Waals surface area contributed by atoms with Gasteiger partial charge in [-0.05, 0) is 37.1 Å². The first-order valence-electron chi connectivity index (χ1n) is 9.65. The number of nitrogens with one attached hydrogen (secondary N) is 1. The summed E-state index contributed by atoms with van der Waals surface area (Å²) in [6.45, 7) is 0. The lowest BCUT2D eigenvalue weighted by Gasteiger charge is -2.45. The maximum Gasteiger partial charge on any atom is 0.119 e. The molecule has 9 nitrogen and oxygen atoms in total. The molecule has 3 N–H and O–H groups in total. The number of methoxy groups -OCH3 is 1. The number of nitrogens with zero attached hydrogens (tertiary/aromatic N) is 6. The van der Waals surface area contributed by atoms with Crippen molar-refractivity contribution < 1.29 is 4.74 Å². The fraction of sp³-hybridized carbons (Fsp3) is 0.286. The molecule has 4 aromatic heterocycles. The molecule has 1 saturated carbocycles. The number of aromatic nitrogens is 6. The molecule has 0 aliphatic heterocycles. The van der Waals surface area contributed by atoms with E-state index in [2.05, 4.69) is 21.3 Å². The lowest BCUT2D eigenvalue weighted by molar-refractivity contribution is -0.0541. The second-order valence-corrected chi connectivity index (χ2v) is 7.61. The Morgan fingerprint density at radius 2 is 2.17 bits per heavy atom. The monoisotopic (exact) mass is 400 g/mol. The summed E-state index contributed by atoms with van der Waals surface area (Å²) in [5.41, 5.74) is 8.98. The van der Waals surface area contributed by atoms with Crippen LogP contribution >= 0.6 is 0 Å². The zero-order chi connectivity index (χ0) is 20.7. The number of hydrogen-bond acceptors (Lipinski definition) is 7. The summed E-state index contributed by atoms with van der Waals surface area (Å²) in [7, 11) is 1.70. The van der Waals surface area contributed by atoms with Crippen LogP contribution < -0.4 is 5.73 Å². The average molecular weight is 400 g/mol. The Balaban J connectivity index is 1.61. The molecule has 1 fully saturated rings. The Kier molecular flexibility index (Phi) is 4.22. The van der Waals surface area contributed by atoms with Crippen LogP contribution in [0, 0.1) is 11.3 Å². The first-order valence-corrected chi connectivity index (χ1v) is 9.65. The molecule has 0 radical (unpaired) electrons. The number of rotatable bonds is 5. The van der Waals surface area contributed by atoms with Crippen LogP contribution in [0.3, 0.4) is 0 Å². The van der Waals surface area contributed by atoms with Gasteiger partial charge in [0.2, 0.25) is 0 Å². The standard InChI is InChI=1S/C21H20N8O/c1-30-13-11-21(12-13,5-6-22)29-8-4-15(28-29)20-14-3-2-7-24-16(14)9-17(25-20)18-10-19(23)27-26-18/h2-4,7-10,13H,5,11-12H2,1H3,(H3,23,26,27)/t13-,21-. The third kappa shape index (κ3) is 2.89. The fourth-order valence-electron chi connectivity index (χ4n) is 4.10. The van der Waals surface area contributed by atoms with E-state index in [-0.39, 0.29) is 11.6 Å². The summed E-state index contributed by atoms with van der Waals surface area (Å²) in [5.74, 6) is 0.467. The molecule has 5 rings (SSSR count). The SMILES string of the molecule is CO[C@H]1C[C@](CC#N)(n2ccc(-c3nc(-c4cc(N)[nH]n4)cc4ncccc34)n2)C1. The second kappa shape index (κ2) is 6.93. The number of anilines is 1. The summed E-state index contributed by atoms with van der Waals surface area (Å²) in [5, 5.41) is 22.0. The number of hydrogen-bond donors (Lipinski definition) is 2. The van der Waals surface area contributed by atoms with E-state index in [4.69, 9.17) is 20.6 Å². The third-order valence-corrected chi connectivity index (χ3v) is 5.73. The highest BCUT2D eigenvalue weighted by atomic mass is 16.5. The second-order valence-electron chi connectivity index (χ2n) is 7.61. The highest BCUT2D eigenvalue weighted by Gasteiger charge is 2.47. The molecule has 0 amide bonds. The Morgan fingerprint density at radius 1 is 1.30 bits per heavy atom. The lowest BCUT2D eigenvalue weighted by Crippen LogP contribution is -2.50. The molecule has 4 aromatic rings. The summed E-state index contributed by atoms with van der Waals surface area (Å²) < 4.78 is 7.33. The number of pyridine rings is 2. The van der Waals surface area contributed by atoms with Crippen LogP contribution in [0.2, 0.25) is 0 Å². The molecule has 0 unspecified atom stereocenters. The average Bonchev–Trinajstić information content (AvgIpc) is 3.39. The number of nitrogen functional groups attached to an aromatic ring is 1. The van der Waals surface area contributed by atoms with Gasteiger partial charge in [0.1, 0.15) is 22.9 Å². The van der Waals surface area contributed by atoms with Crippen LogP contribution in [0.4, 0.5) is 5.82 Å². The van der Waals surface area contributed by atoms with Crippen LogP contribution in [0.5, 0.6) is 0 Å². The van der Waals surface area contributed by atoms with Gasteiger partial charge in [0.15, 0.2) is 0 Å². The molecule has 9 heteroatoms. The van der Waals surface area contributed by atoms with E-state index < -0.39 is 0 Å². The van der Waals surface area contributed by atoms with E-state index >= 15 is 0 Å². The molecule has 0 aromatic carbocycles. The van der Waals surface area contributed by atoms with Gasteiger partial charge in [0.05, 0.1) is 35.3 Å². The summed E-state index contributed by atoms with van der Waals surface area (Å²) in [6, 6.07) is 11.7. The molecule has 4 heterocycles. The van der Waals surface area contributed by atoms with E-state index in [0.717, 1.165) is 29.4 Å². The van der Waals surface area contributed by atoms with E-state index in [0.29, 0.717) is 29.3 Å². The highest BCUT2D eigenvalue weighted by molar-refractivity contribution is 5.93. The Hall–Kier alpha value is -3.77. The van der Waals surface area contributed by atoms with Crippen molar-refractivity contribution in [1.29, 1.82) is 5.26 Å². The van der Waals surface area contributed by atoms with Crippen molar-refractivity contribution >= 4 is 16.7 Å². The largest absolute Gasteiger partial charge is 0.384 e. The van der Waals surface area contributed by atoms with Crippen molar-refractivity contribution in [3.8, 4) is 28.8 Å². The number of nitrogens with two attached hydrogens (primary N) is 1. The number of H-pyrrole nitrogens is 1. The van der Waals surface area contributed by atoms with Crippen LogP contribution in [0.15, 0.2) is 42.7 Å². The van der Waals surface area contributed by atoms with Gasteiger partial charge in [-0.2, -0.15) is 15.5 Å². The van der Waals surface area contributed by atoms with Gasteiger partial charge in [-0.25, -0.2) is 4.98 Å². The van der Waals surface area contributed by atoms with E-state index in [1.165, 1.54) is 0 Å². The Bertz CT molecular complexity index is 1260. The number of nitriles is 1. The summed E-state index contributed by atoms with van der Waals surface area (Å²) in [4.78, 5) is 9.32. The molecular weight excluding hydrogens is 380 g/mol. The molecule has 1 aliphatic rings. The molecule has 0 spiro atoms. The summed E-state index contributed by atoms with van der Waals surface area (Å²) >= 11 is 0. The van der Waals surface area contributed by atoms with Crippen molar-refractivity contribution in [3.05, 3.63) is 42.7 Å². The van der Waals surface area contributed by atoms with E-state index in [9.17, 15) is 5.26 Å². The zero-order valence-electron chi connectivity index (χ0n) is 16.4. The van der Waals surface area contributed by atoms with Crippen molar-refractivity contribution in [2.24, 2.45) is 0 Å². The minimum Gasteiger partial charge on any atom is -0.384 e. The molecule has 150 valence electrons. The summed E-state index contributed by atoms with van der Waals surface area (Å²) in [6.07, 6.45) is 5.73. The normalized spacial score (nSPS) is 20.7. The molecule has 0 bridgehead atoms. The van der Waals surface area contributed by atoms with Crippen LogP contribution in [0.1, 0.15) is 19.3 Å². The van der Waals surface area contributed by atoms with Gasteiger partial charge >= 0.3 is 0 Å². The predicted molar refractivity (Wildman–Crippen MR) is 111 cm³/mol. The number of fused-ring (bicyclic) bond motifs is 1. The van der Waals surface area contributed by atoms with Crippen molar-refractivity contribution in [2.75, 3.05) is 12.8 Å². The maximum absolute atomic E-state index is 9.34. The lowest BCUT2D eigenvalue weighted by atomic mass is 9.72. The van der Waals surface area contributed by atoms with Crippen LogP contribution in [-0.4, -0.2) is 43.2 Å². The fourth-order valence-corrected chi connectivity index (χ4v) is 4.10. The highest BCUT2D eigenvalue weighted by Crippen LogP contribution is 2.43. The smallest absolute Gasteiger partial charge is 0.119 e. The van der Waals surface area contributed by atoms with Gasteiger partial charge in [-0.3, -0.25) is 14.8 Å². The molecule has 0 atom stereocenters. The van der Waals surface area contributed by atoms with Gasteiger partial charge in [-0.15, -0.1) is 0 Å². The number of aromatic amines is 1. The first-order chi connectivity index (χ1) is 14.6. The maximum atomic E-state index is 9.34. The Labute approximate surface area is 172 Å². The molecular formula is C21H20N8O. The van der Waals surface area contributed by atoms with Crippen molar-refractivity contribution in [2.45, 2.75) is 30.9 Å². The zero-order valence-corrected chi connectivity index (χ0v) is 16.4. The first kappa shape index (κ1) is 18.3. The van der Waals surface area contributed by atoms with Gasteiger partial charge < -0.3 is 10.5 Å². The minimum absolute atomic E-state index is 0.155. The minimum atomic E-state index is -0.337. The van der Waals surface area contributed by atoms with Crippen LogP contribution in [-0.2, 0) is 10.3 Å². The van der Waals surface area contributed by atoms with E-state index in [1.807, 2.05) is 35.1 Å². The van der Waals surface area contributed by atoms with E-state index in [1.54, 1.807) is 19.4 Å². The molecule has 1 aliphatic carbocycles. The van der Waals surface area contributed by atoms with Crippen molar-refractivity contribution in [3.63, 3.8) is 0 Å². The quantitative estimate of drug-likeness (QED) is 0.526.